The molecule has 3 aromatic carbocycles. The highest BCUT2D eigenvalue weighted by atomic mass is 35.5. The molecule has 4 aromatic rings. The Labute approximate surface area is 192 Å². The number of amides is 1. The number of nitrogens with two attached hydrogens (primary N) is 1. The highest BCUT2D eigenvalue weighted by Crippen LogP contribution is 2.27. The zero-order chi connectivity index (χ0) is 22.5. The van der Waals surface area contributed by atoms with Crippen LogP contribution in [0.25, 0.3) is 10.8 Å². The first-order chi connectivity index (χ1) is 15.5. The van der Waals surface area contributed by atoms with Crippen LogP contribution in [0.5, 0.6) is 0 Å². The van der Waals surface area contributed by atoms with Crippen LogP contribution in [0, 0.1) is 0 Å². The number of aromatic nitrogens is 2. The number of fused-ring (bicyclic) bond motifs is 1. The van der Waals surface area contributed by atoms with Crippen molar-refractivity contribution in [2.75, 3.05) is 0 Å². The number of ether oxygens (including phenoxy) is 1. The van der Waals surface area contributed by atoms with E-state index < -0.39 is 5.91 Å². The molecule has 0 bridgehead atoms. The summed E-state index contributed by atoms with van der Waals surface area (Å²) in [5, 5.41) is 3.04. The van der Waals surface area contributed by atoms with Gasteiger partial charge >= 0.3 is 0 Å². The van der Waals surface area contributed by atoms with Gasteiger partial charge in [0.1, 0.15) is 5.69 Å². The number of aryl methyl sites for hydroxylation is 1. The Hall–Kier alpha value is -3.15. The molecule has 0 aliphatic heterocycles. The van der Waals surface area contributed by atoms with Crippen LogP contribution < -0.4 is 5.73 Å². The molecule has 2 atom stereocenters. The third kappa shape index (κ3) is 5.18. The number of carbonyl (C=O) groups is 1. The third-order valence-electron chi connectivity index (χ3n) is 5.78. The maximum Gasteiger partial charge on any atom is 0.268 e. The number of nitrogens with zero attached hydrogens (tertiary/aromatic N) is 2. The van der Waals surface area contributed by atoms with E-state index in [1.165, 1.54) is 10.9 Å². The summed E-state index contributed by atoms with van der Waals surface area (Å²) in [5.41, 5.74) is 8.04. The van der Waals surface area contributed by atoms with Crippen LogP contribution in [0.15, 0.2) is 79.3 Å². The largest absolute Gasteiger partial charge is 0.372 e. The van der Waals surface area contributed by atoms with E-state index in [1.807, 2.05) is 47.0 Å². The van der Waals surface area contributed by atoms with Crippen molar-refractivity contribution in [2.24, 2.45) is 5.73 Å². The molecule has 0 saturated heterocycles. The first kappa shape index (κ1) is 22.1. The minimum Gasteiger partial charge on any atom is -0.372 e. The van der Waals surface area contributed by atoms with Crippen LogP contribution in [-0.2, 0) is 17.8 Å². The van der Waals surface area contributed by atoms with Gasteiger partial charge in [0.15, 0.2) is 0 Å². The number of imidazole rings is 1. The van der Waals surface area contributed by atoms with Crippen molar-refractivity contribution in [3.05, 3.63) is 101 Å². The summed E-state index contributed by atoms with van der Waals surface area (Å²) in [6.45, 7) is 2.57. The molecule has 0 aliphatic carbocycles. The Morgan fingerprint density at radius 3 is 2.69 bits per heavy atom. The van der Waals surface area contributed by atoms with E-state index in [9.17, 15) is 4.79 Å². The van der Waals surface area contributed by atoms with E-state index in [-0.39, 0.29) is 17.8 Å². The number of primary amides is 1. The van der Waals surface area contributed by atoms with E-state index >= 15 is 0 Å². The van der Waals surface area contributed by atoms with Crippen LogP contribution in [-0.4, -0.2) is 21.6 Å². The lowest BCUT2D eigenvalue weighted by atomic mass is 9.97. The van der Waals surface area contributed by atoms with Gasteiger partial charge in [0.05, 0.1) is 25.1 Å². The fraction of sp³-hybridized carbons (Fsp3) is 0.231. The van der Waals surface area contributed by atoms with E-state index in [4.69, 9.17) is 22.1 Å². The highest BCUT2D eigenvalue weighted by Gasteiger charge is 2.22. The molecule has 4 rings (SSSR count). The standard InChI is InChI=1S/C26H26ClN3O2/c1-18(32-16-19-6-3-2-4-7-19)25(30-15-24(26(28)31)29-17-30)13-10-20-8-5-9-21-14-22(27)11-12-23(20)21/h2-9,11-12,14-15,17-18,25H,10,13,16H2,1H3,(H2,28,31)/t18-,25+/m0/s1. The van der Waals surface area contributed by atoms with Gasteiger partial charge in [0.2, 0.25) is 0 Å². The van der Waals surface area contributed by atoms with Gasteiger partial charge in [-0.15, -0.1) is 0 Å². The van der Waals surface area contributed by atoms with Crippen LogP contribution in [0.3, 0.4) is 0 Å². The Bertz CT molecular complexity index is 1210. The minimum absolute atomic E-state index is 0.0122. The summed E-state index contributed by atoms with van der Waals surface area (Å²) in [4.78, 5) is 15.7. The molecule has 0 unspecified atom stereocenters. The summed E-state index contributed by atoms with van der Waals surface area (Å²) >= 11 is 6.17. The van der Waals surface area contributed by atoms with Crippen molar-refractivity contribution in [3.8, 4) is 0 Å². The Morgan fingerprint density at radius 1 is 1.12 bits per heavy atom. The predicted molar refractivity (Wildman–Crippen MR) is 128 cm³/mol. The molecule has 1 aromatic heterocycles. The van der Waals surface area contributed by atoms with Gasteiger partial charge in [-0.1, -0.05) is 66.2 Å². The maximum atomic E-state index is 11.6. The number of carbonyl (C=O) groups excluding carboxylic acids is 1. The zero-order valence-corrected chi connectivity index (χ0v) is 18.7. The molecular formula is C26H26ClN3O2. The summed E-state index contributed by atoms with van der Waals surface area (Å²) in [6.07, 6.45) is 4.92. The lowest BCUT2D eigenvalue weighted by Crippen LogP contribution is -2.24. The Kier molecular flexibility index (Phi) is 6.88. The molecule has 32 heavy (non-hydrogen) atoms. The van der Waals surface area contributed by atoms with Gasteiger partial charge in [0.25, 0.3) is 5.91 Å². The van der Waals surface area contributed by atoms with Crippen molar-refractivity contribution in [1.82, 2.24) is 9.55 Å². The van der Waals surface area contributed by atoms with Crippen molar-refractivity contribution in [1.29, 1.82) is 0 Å². The molecular weight excluding hydrogens is 422 g/mol. The molecule has 0 fully saturated rings. The quantitative estimate of drug-likeness (QED) is 0.364. The van der Waals surface area contributed by atoms with Gasteiger partial charge < -0.3 is 15.0 Å². The number of hydrogen-bond acceptors (Lipinski definition) is 3. The van der Waals surface area contributed by atoms with Gasteiger partial charge in [-0.05, 0) is 53.8 Å². The molecule has 5 nitrogen and oxygen atoms in total. The molecule has 1 heterocycles. The van der Waals surface area contributed by atoms with Crippen molar-refractivity contribution < 1.29 is 9.53 Å². The molecule has 164 valence electrons. The maximum absolute atomic E-state index is 11.6. The molecule has 6 heteroatoms. The number of hydrogen-bond donors (Lipinski definition) is 1. The molecule has 1 amide bonds. The lowest BCUT2D eigenvalue weighted by Gasteiger charge is -2.26. The average Bonchev–Trinajstić information content (AvgIpc) is 3.28. The predicted octanol–water partition coefficient (Wildman–Crippen LogP) is 5.57. The third-order valence-corrected chi connectivity index (χ3v) is 6.01. The van der Waals surface area contributed by atoms with Gasteiger partial charge in [0, 0.05) is 11.2 Å². The number of benzene rings is 3. The second kappa shape index (κ2) is 9.98. The molecule has 0 saturated carbocycles. The molecule has 0 aliphatic rings. The Morgan fingerprint density at radius 2 is 1.94 bits per heavy atom. The van der Waals surface area contributed by atoms with Crippen molar-refractivity contribution in [3.63, 3.8) is 0 Å². The normalized spacial score (nSPS) is 13.2. The van der Waals surface area contributed by atoms with Crippen LogP contribution in [0.1, 0.15) is 41.0 Å². The van der Waals surface area contributed by atoms with Crippen molar-refractivity contribution in [2.45, 2.75) is 38.5 Å². The topological polar surface area (TPSA) is 70.1 Å². The van der Waals surface area contributed by atoms with Gasteiger partial charge in [-0.2, -0.15) is 0 Å². The average molecular weight is 448 g/mol. The monoisotopic (exact) mass is 447 g/mol. The summed E-state index contributed by atoms with van der Waals surface area (Å²) < 4.78 is 8.17. The second-order valence-corrected chi connectivity index (χ2v) is 8.40. The summed E-state index contributed by atoms with van der Waals surface area (Å²) in [7, 11) is 0. The first-order valence-corrected chi connectivity index (χ1v) is 11.0. The first-order valence-electron chi connectivity index (χ1n) is 10.7. The smallest absolute Gasteiger partial charge is 0.268 e. The highest BCUT2D eigenvalue weighted by molar-refractivity contribution is 6.31. The molecule has 0 radical (unpaired) electrons. The van der Waals surface area contributed by atoms with E-state index in [1.54, 1.807) is 12.5 Å². The number of rotatable bonds is 9. The van der Waals surface area contributed by atoms with E-state index in [0.29, 0.717) is 6.61 Å². The number of halogens is 1. The zero-order valence-electron chi connectivity index (χ0n) is 17.9. The lowest BCUT2D eigenvalue weighted by molar-refractivity contribution is 0.0149. The SMILES string of the molecule is C[C@H](OCc1ccccc1)[C@@H](CCc1cccc2cc(Cl)ccc12)n1cnc(C(N)=O)c1. The fourth-order valence-corrected chi connectivity index (χ4v) is 4.21. The van der Waals surface area contributed by atoms with Crippen LogP contribution in [0.2, 0.25) is 5.02 Å². The van der Waals surface area contributed by atoms with Crippen LogP contribution in [0.4, 0.5) is 0 Å². The fourth-order valence-electron chi connectivity index (χ4n) is 4.03. The van der Waals surface area contributed by atoms with E-state index in [0.717, 1.165) is 28.8 Å². The van der Waals surface area contributed by atoms with E-state index in [2.05, 4.69) is 36.2 Å². The molecule has 2 N–H and O–H groups in total. The summed E-state index contributed by atoms with van der Waals surface area (Å²) in [5.74, 6) is -0.536. The minimum atomic E-state index is -0.536. The molecule has 0 spiro atoms. The summed E-state index contributed by atoms with van der Waals surface area (Å²) in [6, 6.07) is 22.3. The van der Waals surface area contributed by atoms with Crippen LogP contribution >= 0.6 is 11.6 Å². The van der Waals surface area contributed by atoms with Gasteiger partial charge in [-0.3, -0.25) is 4.79 Å². The Balaban J connectivity index is 1.55. The second-order valence-electron chi connectivity index (χ2n) is 7.96. The van der Waals surface area contributed by atoms with Gasteiger partial charge in [-0.25, -0.2) is 4.98 Å². The van der Waals surface area contributed by atoms with Crippen molar-refractivity contribution >= 4 is 28.3 Å².